The highest BCUT2D eigenvalue weighted by Crippen LogP contribution is 2.37. The van der Waals surface area contributed by atoms with Crippen LogP contribution in [0.25, 0.3) is 0 Å². The maximum absolute atomic E-state index is 13.7. The lowest BCUT2D eigenvalue weighted by atomic mass is 10.1. The van der Waals surface area contributed by atoms with Gasteiger partial charge in [0.25, 0.3) is 5.91 Å². The molecule has 1 heterocycles. The van der Waals surface area contributed by atoms with Gasteiger partial charge in [0.1, 0.15) is 0 Å². The van der Waals surface area contributed by atoms with Crippen LogP contribution in [0, 0.1) is 0 Å². The van der Waals surface area contributed by atoms with Gasteiger partial charge in [-0.15, -0.1) is 0 Å². The number of benzene rings is 2. The number of halogens is 3. The lowest BCUT2D eigenvalue weighted by Gasteiger charge is -2.34. The summed E-state index contributed by atoms with van der Waals surface area (Å²) >= 11 is 0. The van der Waals surface area contributed by atoms with Crippen molar-refractivity contribution in [2.45, 2.75) is 6.18 Å². The minimum absolute atomic E-state index is 0.124. The molecule has 0 spiro atoms. The molecular formula is C21H22F3N3O3. The SMILES string of the molecule is COC(=O)c1ccc(C(=O)Nc2ccc(N3CCN(C)CC3)cc2C(F)(F)F)cc1. The smallest absolute Gasteiger partial charge is 0.418 e. The topological polar surface area (TPSA) is 61.9 Å². The fourth-order valence-corrected chi connectivity index (χ4v) is 3.21. The Balaban J connectivity index is 1.82. The Bertz CT molecular complexity index is 921. The summed E-state index contributed by atoms with van der Waals surface area (Å²) in [4.78, 5) is 27.9. The summed E-state index contributed by atoms with van der Waals surface area (Å²) in [5.74, 6) is -1.27. The highest BCUT2D eigenvalue weighted by Gasteiger charge is 2.35. The van der Waals surface area contributed by atoms with Gasteiger partial charge in [0.15, 0.2) is 0 Å². The molecule has 0 saturated carbocycles. The van der Waals surface area contributed by atoms with E-state index in [9.17, 15) is 22.8 Å². The second-order valence-electron chi connectivity index (χ2n) is 7.04. The van der Waals surface area contributed by atoms with E-state index in [0.717, 1.165) is 19.2 Å². The third-order valence-corrected chi connectivity index (χ3v) is 4.99. The minimum Gasteiger partial charge on any atom is -0.465 e. The van der Waals surface area contributed by atoms with Crippen LogP contribution in [0.4, 0.5) is 24.5 Å². The maximum atomic E-state index is 13.7. The molecule has 1 saturated heterocycles. The first-order valence-electron chi connectivity index (χ1n) is 9.33. The van der Waals surface area contributed by atoms with E-state index in [1.54, 1.807) is 6.07 Å². The van der Waals surface area contributed by atoms with Gasteiger partial charge in [-0.05, 0) is 49.5 Å². The summed E-state index contributed by atoms with van der Waals surface area (Å²) in [5, 5.41) is 2.33. The summed E-state index contributed by atoms with van der Waals surface area (Å²) in [7, 11) is 3.20. The number of alkyl halides is 3. The second-order valence-corrected chi connectivity index (χ2v) is 7.04. The van der Waals surface area contributed by atoms with Gasteiger partial charge in [0, 0.05) is 37.4 Å². The molecule has 2 aromatic carbocycles. The van der Waals surface area contributed by atoms with E-state index in [4.69, 9.17) is 0 Å². The van der Waals surface area contributed by atoms with Gasteiger partial charge < -0.3 is 19.9 Å². The van der Waals surface area contributed by atoms with Crippen molar-refractivity contribution in [1.29, 1.82) is 0 Å². The average molecular weight is 421 g/mol. The molecular weight excluding hydrogens is 399 g/mol. The minimum atomic E-state index is -4.63. The zero-order valence-electron chi connectivity index (χ0n) is 16.6. The van der Waals surface area contributed by atoms with Crippen LogP contribution in [0.2, 0.25) is 0 Å². The predicted octanol–water partition coefficient (Wildman–Crippen LogP) is 3.50. The highest BCUT2D eigenvalue weighted by atomic mass is 19.4. The Labute approximate surface area is 172 Å². The van der Waals surface area contributed by atoms with Gasteiger partial charge in [-0.2, -0.15) is 13.2 Å². The van der Waals surface area contributed by atoms with E-state index in [1.165, 1.54) is 37.4 Å². The number of hydrogen-bond acceptors (Lipinski definition) is 5. The number of nitrogens with one attached hydrogen (secondary N) is 1. The largest absolute Gasteiger partial charge is 0.465 e. The molecule has 160 valence electrons. The number of rotatable bonds is 4. The predicted molar refractivity (Wildman–Crippen MR) is 107 cm³/mol. The molecule has 30 heavy (non-hydrogen) atoms. The lowest BCUT2D eigenvalue weighted by molar-refractivity contribution is -0.136. The molecule has 3 rings (SSSR count). The van der Waals surface area contributed by atoms with Crippen LogP contribution in [0.5, 0.6) is 0 Å². The van der Waals surface area contributed by atoms with Crippen molar-refractivity contribution < 1.29 is 27.5 Å². The van der Waals surface area contributed by atoms with Gasteiger partial charge in [-0.25, -0.2) is 4.79 Å². The van der Waals surface area contributed by atoms with Crippen LogP contribution >= 0.6 is 0 Å². The van der Waals surface area contributed by atoms with E-state index in [-0.39, 0.29) is 16.8 Å². The normalized spacial score (nSPS) is 15.0. The van der Waals surface area contributed by atoms with Crippen molar-refractivity contribution in [2.24, 2.45) is 0 Å². The molecule has 1 fully saturated rings. The first kappa shape index (κ1) is 21.6. The van der Waals surface area contributed by atoms with Gasteiger partial charge in [0.2, 0.25) is 0 Å². The Morgan fingerprint density at radius 2 is 1.57 bits per heavy atom. The number of piperazine rings is 1. The Morgan fingerprint density at radius 3 is 2.13 bits per heavy atom. The molecule has 6 nitrogen and oxygen atoms in total. The van der Waals surface area contributed by atoms with Gasteiger partial charge >= 0.3 is 12.1 Å². The first-order valence-corrected chi connectivity index (χ1v) is 9.33. The summed E-state index contributed by atoms with van der Waals surface area (Å²) in [5.41, 5.74) is -0.391. The number of ether oxygens (including phenoxy) is 1. The van der Waals surface area contributed by atoms with E-state index < -0.39 is 23.6 Å². The Hall–Kier alpha value is -3.07. The van der Waals surface area contributed by atoms with Crippen molar-refractivity contribution in [3.8, 4) is 0 Å². The first-order chi connectivity index (χ1) is 14.2. The van der Waals surface area contributed by atoms with E-state index in [0.29, 0.717) is 18.8 Å². The van der Waals surface area contributed by atoms with Crippen molar-refractivity contribution in [3.05, 3.63) is 59.2 Å². The van der Waals surface area contributed by atoms with E-state index >= 15 is 0 Å². The lowest BCUT2D eigenvalue weighted by Crippen LogP contribution is -2.44. The monoisotopic (exact) mass is 421 g/mol. The molecule has 0 unspecified atom stereocenters. The highest BCUT2D eigenvalue weighted by molar-refractivity contribution is 6.05. The molecule has 1 amide bonds. The molecule has 0 bridgehead atoms. The number of hydrogen-bond donors (Lipinski definition) is 1. The second kappa shape index (κ2) is 8.74. The van der Waals surface area contributed by atoms with Gasteiger partial charge in [0.05, 0.1) is 23.9 Å². The number of carbonyl (C=O) groups is 2. The van der Waals surface area contributed by atoms with Crippen molar-refractivity contribution in [2.75, 3.05) is 50.6 Å². The molecule has 2 aromatic rings. The molecule has 0 atom stereocenters. The van der Waals surface area contributed by atoms with Gasteiger partial charge in [-0.3, -0.25) is 4.79 Å². The molecule has 1 N–H and O–H groups in total. The number of methoxy groups -OCH3 is 1. The van der Waals surface area contributed by atoms with Crippen LogP contribution in [0.3, 0.4) is 0 Å². The molecule has 1 aliphatic heterocycles. The van der Waals surface area contributed by atoms with Crippen LogP contribution in [0.1, 0.15) is 26.3 Å². The van der Waals surface area contributed by atoms with Gasteiger partial charge in [-0.1, -0.05) is 0 Å². The fourth-order valence-electron chi connectivity index (χ4n) is 3.21. The quantitative estimate of drug-likeness (QED) is 0.766. The standard InChI is InChI=1S/C21H22F3N3O3/c1-26-9-11-27(12-10-26)16-7-8-18(17(13-16)21(22,23)24)25-19(28)14-3-5-15(6-4-14)20(29)30-2/h3-8,13H,9-12H2,1-2H3,(H,25,28). The van der Waals surface area contributed by atoms with Crippen molar-refractivity contribution >= 4 is 23.3 Å². The van der Waals surface area contributed by atoms with E-state index in [1.807, 2.05) is 11.9 Å². The Kier molecular flexibility index (Phi) is 6.31. The number of carbonyl (C=O) groups excluding carboxylic acids is 2. The van der Waals surface area contributed by atoms with Crippen LogP contribution in [-0.4, -0.2) is 57.1 Å². The molecule has 0 aliphatic carbocycles. The number of amides is 1. The fraction of sp³-hybridized carbons (Fsp3) is 0.333. The summed E-state index contributed by atoms with van der Waals surface area (Å²) in [6, 6.07) is 9.39. The molecule has 0 radical (unpaired) electrons. The summed E-state index contributed by atoms with van der Waals surface area (Å²) in [6.07, 6.45) is -4.63. The number of anilines is 2. The number of nitrogens with zero attached hydrogens (tertiary/aromatic N) is 2. The summed E-state index contributed by atoms with van der Waals surface area (Å²) < 4.78 is 45.6. The van der Waals surface area contributed by atoms with Crippen molar-refractivity contribution in [3.63, 3.8) is 0 Å². The van der Waals surface area contributed by atoms with E-state index in [2.05, 4.69) is 15.0 Å². The Morgan fingerprint density at radius 1 is 0.967 bits per heavy atom. The number of likely N-dealkylation sites (N-methyl/N-ethyl adjacent to an activating group) is 1. The van der Waals surface area contributed by atoms with Crippen LogP contribution < -0.4 is 10.2 Å². The third-order valence-electron chi connectivity index (χ3n) is 4.99. The number of esters is 1. The zero-order valence-corrected chi connectivity index (χ0v) is 16.6. The van der Waals surface area contributed by atoms with Crippen LogP contribution in [0.15, 0.2) is 42.5 Å². The molecule has 9 heteroatoms. The summed E-state index contributed by atoms with van der Waals surface area (Å²) in [6.45, 7) is 2.79. The van der Waals surface area contributed by atoms with Crippen molar-refractivity contribution in [1.82, 2.24) is 4.90 Å². The average Bonchev–Trinajstić information content (AvgIpc) is 2.73. The zero-order chi connectivity index (χ0) is 21.9. The molecule has 0 aromatic heterocycles. The van der Waals surface area contributed by atoms with Crippen LogP contribution in [-0.2, 0) is 10.9 Å². The third kappa shape index (κ3) is 4.91. The maximum Gasteiger partial charge on any atom is 0.418 e. The molecule has 1 aliphatic rings.